The zero-order chi connectivity index (χ0) is 28.8. The number of hydrogen-bond donors (Lipinski definition) is 0. The van der Waals surface area contributed by atoms with Gasteiger partial charge < -0.3 is 13.7 Å². The van der Waals surface area contributed by atoms with Crippen molar-refractivity contribution in [2.45, 2.75) is 0 Å². The SMILES string of the molecule is c1ccc2c(c1)oc1cc(N(c3ccc4c(c3)oc3ccccc34)c3ccc4sc5ccc6ncccc6c5c4c3)ccc12. The molecule has 0 unspecified atom stereocenters. The third-order valence-electron chi connectivity index (χ3n) is 8.70. The summed E-state index contributed by atoms with van der Waals surface area (Å²) in [6.45, 7) is 0. The van der Waals surface area contributed by atoms with Crippen molar-refractivity contribution in [2.75, 3.05) is 4.90 Å². The Morgan fingerprint density at radius 2 is 1.02 bits per heavy atom. The number of thiophene rings is 1. The fraction of sp³-hybridized carbons (Fsp3) is 0. The Kier molecular flexibility index (Phi) is 4.84. The van der Waals surface area contributed by atoms with E-state index in [0.29, 0.717) is 0 Å². The van der Waals surface area contributed by atoms with E-state index in [1.807, 2.05) is 47.9 Å². The van der Waals surface area contributed by atoms with E-state index in [9.17, 15) is 0 Å². The Hall–Kier alpha value is -5.65. The van der Waals surface area contributed by atoms with Crippen LogP contribution in [0.15, 0.2) is 142 Å². The van der Waals surface area contributed by atoms with Gasteiger partial charge >= 0.3 is 0 Å². The summed E-state index contributed by atoms with van der Waals surface area (Å²) in [5, 5.41) is 8.10. The molecular formula is C39H22N2O2S. The lowest BCUT2D eigenvalue weighted by atomic mass is 10.1. The van der Waals surface area contributed by atoms with E-state index in [1.165, 1.54) is 25.6 Å². The zero-order valence-corrected chi connectivity index (χ0v) is 24.1. The number of benzene rings is 6. The standard InChI is InChI=1S/C39H22N2O2S/c1-3-9-33-26(6-1)28-14-11-24(21-35(28)42-33)41(25-12-15-29-27-7-2-4-10-34(27)43-36(29)22-25)23-13-17-37-31(20-23)39-30-8-5-19-40-32(30)16-18-38(39)44-37/h1-22H. The minimum Gasteiger partial charge on any atom is -0.456 e. The summed E-state index contributed by atoms with van der Waals surface area (Å²) in [6.07, 6.45) is 1.86. The molecule has 6 aromatic carbocycles. The molecule has 0 spiro atoms. The van der Waals surface area contributed by atoms with Crippen LogP contribution in [0.3, 0.4) is 0 Å². The number of hydrogen-bond acceptors (Lipinski definition) is 5. The molecule has 0 bridgehead atoms. The van der Waals surface area contributed by atoms with E-state index in [4.69, 9.17) is 8.83 Å². The molecule has 44 heavy (non-hydrogen) atoms. The highest BCUT2D eigenvalue weighted by Gasteiger charge is 2.19. The molecule has 0 aliphatic heterocycles. The molecule has 10 rings (SSSR count). The van der Waals surface area contributed by atoms with Crippen LogP contribution < -0.4 is 4.90 Å². The fourth-order valence-electron chi connectivity index (χ4n) is 6.71. The number of furan rings is 2. The normalized spacial score (nSPS) is 12.1. The summed E-state index contributed by atoms with van der Waals surface area (Å²) in [7, 11) is 0. The smallest absolute Gasteiger partial charge is 0.137 e. The quantitative estimate of drug-likeness (QED) is 0.208. The van der Waals surface area contributed by atoms with Gasteiger partial charge in [0.1, 0.15) is 22.3 Å². The summed E-state index contributed by atoms with van der Waals surface area (Å²) >= 11 is 1.82. The number of pyridine rings is 1. The highest BCUT2D eigenvalue weighted by Crippen LogP contribution is 2.44. The highest BCUT2D eigenvalue weighted by molar-refractivity contribution is 7.26. The Morgan fingerprint density at radius 3 is 1.73 bits per heavy atom. The minimum atomic E-state index is 0.859. The van der Waals surface area contributed by atoms with Gasteiger partial charge in [0.05, 0.1) is 5.52 Å². The van der Waals surface area contributed by atoms with Crippen LogP contribution >= 0.6 is 11.3 Å². The van der Waals surface area contributed by atoms with Crippen LogP contribution in [0.1, 0.15) is 0 Å². The van der Waals surface area contributed by atoms with E-state index >= 15 is 0 Å². The Labute approximate surface area is 255 Å². The van der Waals surface area contributed by atoms with Crippen LogP contribution in [0.2, 0.25) is 0 Å². The zero-order valence-electron chi connectivity index (χ0n) is 23.3. The van der Waals surface area contributed by atoms with E-state index in [0.717, 1.165) is 66.5 Å². The first-order valence-corrected chi connectivity index (χ1v) is 15.4. The topological polar surface area (TPSA) is 42.4 Å². The number of para-hydroxylation sites is 2. The van der Waals surface area contributed by atoms with Crippen molar-refractivity contribution in [1.29, 1.82) is 0 Å². The van der Waals surface area contributed by atoms with Gasteiger partial charge in [-0.2, -0.15) is 0 Å². The monoisotopic (exact) mass is 582 g/mol. The van der Waals surface area contributed by atoms with Crippen molar-refractivity contribution in [1.82, 2.24) is 4.98 Å². The molecule has 206 valence electrons. The number of rotatable bonds is 3. The lowest BCUT2D eigenvalue weighted by molar-refractivity contribution is 0.669. The van der Waals surface area contributed by atoms with Crippen molar-refractivity contribution in [3.63, 3.8) is 0 Å². The second kappa shape index (κ2) is 8.93. The molecule has 0 saturated carbocycles. The number of fused-ring (bicyclic) bond motifs is 11. The second-order valence-corrected chi connectivity index (χ2v) is 12.3. The molecular weight excluding hydrogens is 561 g/mol. The Bertz CT molecular complexity index is 2640. The molecule has 0 fully saturated rings. The molecule has 0 saturated heterocycles. The molecule has 4 heterocycles. The summed E-state index contributed by atoms with van der Waals surface area (Å²) in [5.74, 6) is 0. The largest absolute Gasteiger partial charge is 0.456 e. The van der Waals surface area contributed by atoms with Crippen LogP contribution in [0.4, 0.5) is 17.1 Å². The molecule has 4 nitrogen and oxygen atoms in total. The molecule has 0 aliphatic rings. The molecule has 0 radical (unpaired) electrons. The molecule has 0 N–H and O–H groups in total. The van der Waals surface area contributed by atoms with Crippen LogP contribution in [0.5, 0.6) is 0 Å². The van der Waals surface area contributed by atoms with Gasteiger partial charge in [-0.1, -0.05) is 42.5 Å². The van der Waals surface area contributed by atoms with E-state index in [1.54, 1.807) is 0 Å². The van der Waals surface area contributed by atoms with Crippen LogP contribution in [-0.2, 0) is 0 Å². The molecule has 4 aromatic heterocycles. The maximum absolute atomic E-state index is 6.34. The number of nitrogens with zero attached hydrogens (tertiary/aromatic N) is 2. The average molecular weight is 583 g/mol. The molecule has 0 atom stereocenters. The third-order valence-corrected chi connectivity index (χ3v) is 9.83. The fourth-order valence-corrected chi connectivity index (χ4v) is 7.81. The summed E-state index contributed by atoms with van der Waals surface area (Å²) < 4.78 is 15.2. The van der Waals surface area contributed by atoms with Gasteiger partial charge in [0, 0.05) is 82.5 Å². The first-order valence-electron chi connectivity index (χ1n) is 14.6. The van der Waals surface area contributed by atoms with Crippen LogP contribution in [0.25, 0.3) is 75.0 Å². The van der Waals surface area contributed by atoms with Crippen molar-refractivity contribution < 1.29 is 8.83 Å². The van der Waals surface area contributed by atoms with Crippen molar-refractivity contribution in [3.05, 3.63) is 134 Å². The van der Waals surface area contributed by atoms with E-state index in [-0.39, 0.29) is 0 Å². The number of aromatic nitrogens is 1. The van der Waals surface area contributed by atoms with Gasteiger partial charge in [-0.3, -0.25) is 4.98 Å². The lowest BCUT2D eigenvalue weighted by Crippen LogP contribution is -2.09. The predicted molar refractivity (Wildman–Crippen MR) is 184 cm³/mol. The summed E-state index contributed by atoms with van der Waals surface area (Å²) in [6, 6.07) is 44.7. The molecule has 0 amide bonds. The van der Waals surface area contributed by atoms with Crippen molar-refractivity contribution in [3.8, 4) is 0 Å². The minimum absolute atomic E-state index is 0.859. The third kappa shape index (κ3) is 3.41. The van der Waals surface area contributed by atoms with Gasteiger partial charge in [-0.05, 0) is 72.8 Å². The van der Waals surface area contributed by atoms with Crippen molar-refractivity contribution >= 4 is 103 Å². The summed E-state index contributed by atoms with van der Waals surface area (Å²) in [4.78, 5) is 6.93. The highest BCUT2D eigenvalue weighted by atomic mass is 32.1. The van der Waals surface area contributed by atoms with Gasteiger partial charge in [0.25, 0.3) is 0 Å². The van der Waals surface area contributed by atoms with Gasteiger partial charge in [-0.15, -0.1) is 11.3 Å². The van der Waals surface area contributed by atoms with Gasteiger partial charge in [0.2, 0.25) is 0 Å². The molecule has 0 aliphatic carbocycles. The summed E-state index contributed by atoms with van der Waals surface area (Å²) in [5.41, 5.74) is 7.59. The predicted octanol–water partition coefficient (Wildman–Crippen LogP) is 11.9. The first-order chi connectivity index (χ1) is 21.8. The Balaban J connectivity index is 1.24. The Morgan fingerprint density at radius 1 is 0.455 bits per heavy atom. The maximum atomic E-state index is 6.34. The molecule has 10 aromatic rings. The van der Waals surface area contributed by atoms with Crippen LogP contribution in [-0.4, -0.2) is 4.98 Å². The van der Waals surface area contributed by atoms with E-state index < -0.39 is 0 Å². The van der Waals surface area contributed by atoms with Crippen LogP contribution in [0, 0.1) is 0 Å². The van der Waals surface area contributed by atoms with Crippen molar-refractivity contribution in [2.24, 2.45) is 0 Å². The van der Waals surface area contributed by atoms with Gasteiger partial charge in [0.15, 0.2) is 0 Å². The molecule has 5 heteroatoms. The average Bonchev–Trinajstić information content (AvgIpc) is 3.75. The van der Waals surface area contributed by atoms with E-state index in [2.05, 4.69) is 107 Å². The van der Waals surface area contributed by atoms with Gasteiger partial charge in [-0.25, -0.2) is 0 Å². The lowest BCUT2D eigenvalue weighted by Gasteiger charge is -2.25. The first kappa shape index (κ1) is 23.9. The number of anilines is 3. The maximum Gasteiger partial charge on any atom is 0.137 e. The second-order valence-electron chi connectivity index (χ2n) is 11.2.